The van der Waals surface area contributed by atoms with E-state index in [0.29, 0.717) is 13.0 Å². The van der Waals surface area contributed by atoms with Gasteiger partial charge in [0.2, 0.25) is 5.91 Å². The first kappa shape index (κ1) is 15.5. The van der Waals surface area contributed by atoms with Crippen LogP contribution in [0.2, 0.25) is 0 Å². The number of amides is 1. The van der Waals surface area contributed by atoms with Gasteiger partial charge in [-0.2, -0.15) is 0 Å². The van der Waals surface area contributed by atoms with Crippen LogP contribution in [-0.4, -0.2) is 18.0 Å². The van der Waals surface area contributed by atoms with Gasteiger partial charge in [0.25, 0.3) is 0 Å². The molecule has 0 radical (unpaired) electrons. The van der Waals surface area contributed by atoms with Crippen molar-refractivity contribution in [2.75, 3.05) is 6.54 Å². The molecule has 0 aromatic heterocycles. The molecule has 0 aliphatic rings. The van der Waals surface area contributed by atoms with Crippen molar-refractivity contribution in [3.8, 4) is 0 Å². The van der Waals surface area contributed by atoms with Gasteiger partial charge in [-0.05, 0) is 43.5 Å². The van der Waals surface area contributed by atoms with Crippen molar-refractivity contribution in [1.29, 1.82) is 0 Å². The number of carbonyl (C=O) groups excluding carboxylic acids is 1. The molecule has 2 aromatic rings. The Labute approximate surface area is 126 Å². The summed E-state index contributed by atoms with van der Waals surface area (Å²) in [5.74, 6) is -0.163. The SMILES string of the molecule is CC(C)(C)NC(=O)C(CN)Cc1ccc2ccccc2c1. The number of benzene rings is 2. The summed E-state index contributed by atoms with van der Waals surface area (Å²) >= 11 is 0. The van der Waals surface area contributed by atoms with E-state index in [4.69, 9.17) is 5.73 Å². The van der Waals surface area contributed by atoms with E-state index in [2.05, 4.69) is 35.6 Å². The lowest BCUT2D eigenvalue weighted by Crippen LogP contribution is -2.46. The van der Waals surface area contributed by atoms with E-state index in [1.165, 1.54) is 10.8 Å². The Bertz CT molecular complexity index is 628. The van der Waals surface area contributed by atoms with Crippen molar-refractivity contribution in [3.05, 3.63) is 48.0 Å². The van der Waals surface area contributed by atoms with Crippen LogP contribution in [0.5, 0.6) is 0 Å². The van der Waals surface area contributed by atoms with Crippen molar-refractivity contribution < 1.29 is 4.79 Å². The average Bonchev–Trinajstić information content (AvgIpc) is 2.42. The smallest absolute Gasteiger partial charge is 0.225 e. The predicted octanol–water partition coefficient (Wildman–Crippen LogP) is 2.87. The standard InChI is InChI=1S/C18H24N2O/c1-18(2,3)20-17(21)16(12-19)11-13-8-9-14-6-4-5-7-15(14)10-13/h4-10,16H,11-12,19H2,1-3H3,(H,20,21). The molecule has 0 aliphatic heterocycles. The number of nitrogens with two attached hydrogens (primary N) is 1. The summed E-state index contributed by atoms with van der Waals surface area (Å²) in [6.45, 7) is 6.30. The second kappa shape index (κ2) is 6.27. The minimum absolute atomic E-state index is 0.0261. The van der Waals surface area contributed by atoms with Crippen molar-refractivity contribution in [2.24, 2.45) is 11.7 Å². The molecule has 2 rings (SSSR count). The van der Waals surface area contributed by atoms with E-state index in [-0.39, 0.29) is 17.4 Å². The van der Waals surface area contributed by atoms with Crippen LogP contribution in [0.15, 0.2) is 42.5 Å². The maximum absolute atomic E-state index is 12.3. The van der Waals surface area contributed by atoms with Crippen molar-refractivity contribution >= 4 is 16.7 Å². The summed E-state index contributed by atoms with van der Waals surface area (Å²) in [6.07, 6.45) is 0.670. The number of rotatable bonds is 4. The Hall–Kier alpha value is -1.87. The first-order chi connectivity index (χ1) is 9.89. The van der Waals surface area contributed by atoms with Gasteiger partial charge >= 0.3 is 0 Å². The zero-order valence-corrected chi connectivity index (χ0v) is 13.0. The highest BCUT2D eigenvalue weighted by molar-refractivity contribution is 5.83. The van der Waals surface area contributed by atoms with Gasteiger partial charge in [0.05, 0.1) is 5.92 Å². The van der Waals surface area contributed by atoms with Gasteiger partial charge in [-0.3, -0.25) is 4.79 Å². The molecule has 0 spiro atoms. The third-order valence-electron chi connectivity index (χ3n) is 3.45. The van der Waals surface area contributed by atoms with Crippen LogP contribution in [0.25, 0.3) is 10.8 Å². The van der Waals surface area contributed by atoms with Crippen molar-refractivity contribution in [2.45, 2.75) is 32.7 Å². The fraction of sp³-hybridized carbons (Fsp3) is 0.389. The van der Waals surface area contributed by atoms with E-state index < -0.39 is 0 Å². The Morgan fingerprint density at radius 1 is 1.14 bits per heavy atom. The predicted molar refractivity (Wildman–Crippen MR) is 88.1 cm³/mol. The van der Waals surface area contributed by atoms with Gasteiger partial charge in [0.15, 0.2) is 0 Å². The second-order valence-electron chi connectivity index (χ2n) is 6.56. The van der Waals surface area contributed by atoms with Crippen LogP contribution in [0.3, 0.4) is 0 Å². The summed E-state index contributed by atoms with van der Waals surface area (Å²) in [5, 5.41) is 5.42. The summed E-state index contributed by atoms with van der Waals surface area (Å²) in [7, 11) is 0. The van der Waals surface area contributed by atoms with Crippen LogP contribution in [0.4, 0.5) is 0 Å². The molecule has 1 unspecified atom stereocenters. The van der Waals surface area contributed by atoms with Gasteiger partial charge in [-0.1, -0.05) is 42.5 Å². The van der Waals surface area contributed by atoms with Crippen LogP contribution in [-0.2, 0) is 11.2 Å². The Morgan fingerprint density at radius 3 is 2.43 bits per heavy atom. The molecule has 0 bridgehead atoms. The summed E-state index contributed by atoms with van der Waals surface area (Å²) in [5.41, 5.74) is 6.71. The lowest BCUT2D eigenvalue weighted by Gasteiger charge is -2.24. The van der Waals surface area contributed by atoms with Gasteiger partial charge < -0.3 is 11.1 Å². The van der Waals surface area contributed by atoms with Gasteiger partial charge in [0.1, 0.15) is 0 Å². The normalized spacial score (nSPS) is 13.1. The molecule has 0 saturated heterocycles. The monoisotopic (exact) mass is 284 g/mol. The lowest BCUT2D eigenvalue weighted by atomic mass is 9.95. The van der Waals surface area contributed by atoms with E-state index >= 15 is 0 Å². The minimum Gasteiger partial charge on any atom is -0.351 e. The number of hydrogen-bond acceptors (Lipinski definition) is 2. The molecular weight excluding hydrogens is 260 g/mol. The Morgan fingerprint density at radius 2 is 1.81 bits per heavy atom. The summed E-state index contributed by atoms with van der Waals surface area (Å²) in [4.78, 5) is 12.3. The summed E-state index contributed by atoms with van der Waals surface area (Å²) in [6, 6.07) is 14.6. The molecule has 112 valence electrons. The van der Waals surface area contributed by atoms with E-state index in [9.17, 15) is 4.79 Å². The molecule has 3 heteroatoms. The fourth-order valence-electron chi connectivity index (χ4n) is 2.41. The maximum atomic E-state index is 12.3. The van der Waals surface area contributed by atoms with E-state index in [0.717, 1.165) is 5.56 Å². The molecule has 1 atom stereocenters. The number of carbonyl (C=O) groups is 1. The number of nitrogens with one attached hydrogen (secondary N) is 1. The fourth-order valence-corrected chi connectivity index (χ4v) is 2.41. The molecule has 2 aromatic carbocycles. The second-order valence-corrected chi connectivity index (χ2v) is 6.56. The summed E-state index contributed by atoms with van der Waals surface area (Å²) < 4.78 is 0. The molecule has 0 heterocycles. The van der Waals surface area contributed by atoms with E-state index in [1.54, 1.807) is 0 Å². The molecule has 3 nitrogen and oxygen atoms in total. The maximum Gasteiger partial charge on any atom is 0.225 e. The quantitative estimate of drug-likeness (QED) is 0.907. The topological polar surface area (TPSA) is 55.1 Å². The van der Waals surface area contributed by atoms with Gasteiger partial charge in [-0.15, -0.1) is 0 Å². The third-order valence-corrected chi connectivity index (χ3v) is 3.45. The van der Waals surface area contributed by atoms with Gasteiger partial charge in [0, 0.05) is 12.1 Å². The Kier molecular flexibility index (Phi) is 4.63. The zero-order chi connectivity index (χ0) is 15.5. The molecule has 0 saturated carbocycles. The van der Waals surface area contributed by atoms with Crippen molar-refractivity contribution in [3.63, 3.8) is 0 Å². The largest absolute Gasteiger partial charge is 0.351 e. The lowest BCUT2D eigenvalue weighted by molar-refractivity contribution is -0.126. The number of hydrogen-bond donors (Lipinski definition) is 2. The van der Waals surface area contributed by atoms with Crippen LogP contribution in [0, 0.1) is 5.92 Å². The van der Waals surface area contributed by atoms with E-state index in [1.807, 2.05) is 32.9 Å². The molecule has 21 heavy (non-hydrogen) atoms. The molecule has 3 N–H and O–H groups in total. The molecular formula is C18H24N2O. The van der Waals surface area contributed by atoms with Gasteiger partial charge in [-0.25, -0.2) is 0 Å². The third kappa shape index (κ3) is 4.30. The van der Waals surface area contributed by atoms with Crippen LogP contribution >= 0.6 is 0 Å². The van der Waals surface area contributed by atoms with Crippen molar-refractivity contribution in [1.82, 2.24) is 5.32 Å². The number of fused-ring (bicyclic) bond motifs is 1. The molecule has 0 aliphatic carbocycles. The zero-order valence-electron chi connectivity index (χ0n) is 13.0. The molecule has 0 fully saturated rings. The first-order valence-corrected chi connectivity index (χ1v) is 7.39. The average molecular weight is 284 g/mol. The highest BCUT2D eigenvalue weighted by atomic mass is 16.2. The van der Waals surface area contributed by atoms with Crippen LogP contribution < -0.4 is 11.1 Å². The Balaban J connectivity index is 2.14. The van der Waals surface area contributed by atoms with Crippen LogP contribution in [0.1, 0.15) is 26.3 Å². The molecule has 1 amide bonds. The highest BCUT2D eigenvalue weighted by Crippen LogP contribution is 2.18. The first-order valence-electron chi connectivity index (χ1n) is 7.39. The minimum atomic E-state index is -0.228. The highest BCUT2D eigenvalue weighted by Gasteiger charge is 2.22.